The Morgan fingerprint density at radius 3 is 2.74 bits per heavy atom. The molecule has 1 aromatic carbocycles. The van der Waals surface area contributed by atoms with Crippen LogP contribution in [0.4, 0.5) is 0 Å². The second-order valence-electron chi connectivity index (χ2n) is 8.37. The maximum absolute atomic E-state index is 6.12. The molecule has 8 nitrogen and oxygen atoms in total. The van der Waals surface area contributed by atoms with Crippen molar-refractivity contribution in [2.45, 2.75) is 50.5 Å². The van der Waals surface area contributed by atoms with Crippen LogP contribution in [-0.4, -0.2) is 45.5 Å². The van der Waals surface area contributed by atoms with Crippen molar-refractivity contribution in [3.63, 3.8) is 0 Å². The minimum absolute atomic E-state index is 0.168. The molecule has 2 bridgehead atoms. The van der Waals surface area contributed by atoms with Gasteiger partial charge in [0, 0.05) is 29.9 Å². The molecule has 0 aliphatic carbocycles. The third-order valence-electron chi connectivity index (χ3n) is 6.37. The minimum Gasteiger partial charge on any atom is -0.480 e. The second kappa shape index (κ2) is 7.46. The average molecular weight is 417 g/mol. The van der Waals surface area contributed by atoms with Gasteiger partial charge in [-0.05, 0) is 48.4 Å². The van der Waals surface area contributed by atoms with E-state index in [-0.39, 0.29) is 6.10 Å². The normalized spacial score (nSPS) is 23.5. The van der Waals surface area contributed by atoms with Crippen molar-refractivity contribution in [2.75, 3.05) is 7.11 Å². The molecule has 2 saturated heterocycles. The highest BCUT2D eigenvalue weighted by Crippen LogP contribution is 2.39. The van der Waals surface area contributed by atoms with Crippen LogP contribution < -0.4 is 19.5 Å². The number of nitrogens with one attached hydrogen (secondary N) is 1. The van der Waals surface area contributed by atoms with Crippen molar-refractivity contribution in [1.82, 2.24) is 25.5 Å². The van der Waals surface area contributed by atoms with E-state index in [2.05, 4.69) is 43.7 Å². The monoisotopic (exact) mass is 417 g/mol. The fraction of sp³-hybridized carbons (Fsp3) is 0.391. The molecular weight excluding hydrogens is 394 g/mol. The van der Waals surface area contributed by atoms with Gasteiger partial charge in [0.25, 0.3) is 0 Å². The fourth-order valence-corrected chi connectivity index (χ4v) is 4.86. The summed E-state index contributed by atoms with van der Waals surface area (Å²) in [5, 5.41) is 11.6. The molecule has 0 saturated carbocycles. The van der Waals surface area contributed by atoms with Crippen LogP contribution in [0.25, 0.3) is 22.3 Å². The lowest BCUT2D eigenvalue weighted by Crippen LogP contribution is -2.42. The molecule has 3 aliphatic rings. The Labute approximate surface area is 180 Å². The van der Waals surface area contributed by atoms with Crippen LogP contribution >= 0.6 is 0 Å². The number of hydrogen-bond donors (Lipinski definition) is 1. The Hall–Kier alpha value is -3.26. The third kappa shape index (κ3) is 3.46. The largest absolute Gasteiger partial charge is 0.480 e. The summed E-state index contributed by atoms with van der Waals surface area (Å²) in [7, 11) is 1.58. The summed E-state index contributed by atoms with van der Waals surface area (Å²) in [4.78, 5) is 9.06. The zero-order valence-electron chi connectivity index (χ0n) is 17.2. The molecule has 31 heavy (non-hydrogen) atoms. The zero-order valence-corrected chi connectivity index (χ0v) is 17.2. The summed E-state index contributed by atoms with van der Waals surface area (Å²) >= 11 is 0. The molecular formula is C23H23N5O3. The van der Waals surface area contributed by atoms with Gasteiger partial charge in [-0.25, -0.2) is 4.98 Å². The summed E-state index contributed by atoms with van der Waals surface area (Å²) in [6, 6.07) is 9.63. The smallest absolute Gasteiger partial charge is 0.319 e. The molecule has 6 rings (SSSR count). The van der Waals surface area contributed by atoms with Crippen LogP contribution in [0.5, 0.6) is 17.8 Å². The van der Waals surface area contributed by atoms with E-state index in [9.17, 15) is 0 Å². The second-order valence-corrected chi connectivity index (χ2v) is 8.37. The predicted octanol–water partition coefficient (Wildman–Crippen LogP) is 3.16. The molecule has 158 valence electrons. The number of hydrogen-bond acceptors (Lipinski definition) is 8. The van der Waals surface area contributed by atoms with Gasteiger partial charge in [-0.3, -0.25) is 0 Å². The minimum atomic E-state index is 0.168. The van der Waals surface area contributed by atoms with Crippen molar-refractivity contribution in [3.8, 4) is 40.0 Å². The molecule has 2 unspecified atom stereocenters. The van der Waals surface area contributed by atoms with Crippen molar-refractivity contribution >= 4 is 0 Å². The lowest BCUT2D eigenvalue weighted by Gasteiger charge is -2.29. The first kappa shape index (κ1) is 18.5. The van der Waals surface area contributed by atoms with E-state index in [4.69, 9.17) is 14.2 Å². The van der Waals surface area contributed by atoms with Crippen LogP contribution in [-0.2, 0) is 6.61 Å². The number of fused-ring (bicyclic) bond motifs is 5. The average Bonchev–Trinajstić information content (AvgIpc) is 3.16. The fourth-order valence-electron chi connectivity index (χ4n) is 4.86. The van der Waals surface area contributed by atoms with Crippen LogP contribution in [0.15, 0.2) is 36.7 Å². The molecule has 0 radical (unpaired) electrons. The quantitative estimate of drug-likeness (QED) is 0.692. The first-order valence-corrected chi connectivity index (χ1v) is 10.7. The molecule has 0 spiro atoms. The Bertz CT molecular complexity index is 1130. The van der Waals surface area contributed by atoms with Gasteiger partial charge in [0.1, 0.15) is 12.7 Å². The Morgan fingerprint density at radius 1 is 1.03 bits per heavy atom. The summed E-state index contributed by atoms with van der Waals surface area (Å²) in [5.74, 6) is 1.06. The predicted molar refractivity (Wildman–Crippen MR) is 113 cm³/mol. The van der Waals surface area contributed by atoms with Crippen molar-refractivity contribution in [1.29, 1.82) is 0 Å². The van der Waals surface area contributed by atoms with Crippen LogP contribution in [0.3, 0.4) is 0 Å². The summed E-state index contributed by atoms with van der Waals surface area (Å²) < 4.78 is 17.3. The number of rotatable bonds is 4. The summed E-state index contributed by atoms with van der Waals surface area (Å²) in [6.45, 7) is 0.444. The molecule has 2 atom stereocenters. The van der Waals surface area contributed by atoms with Crippen LogP contribution in [0, 0.1) is 0 Å². The van der Waals surface area contributed by atoms with Gasteiger partial charge >= 0.3 is 6.01 Å². The van der Waals surface area contributed by atoms with E-state index in [1.54, 1.807) is 13.3 Å². The zero-order chi connectivity index (χ0) is 20.8. The highest BCUT2D eigenvalue weighted by Gasteiger charge is 2.35. The van der Waals surface area contributed by atoms with Gasteiger partial charge < -0.3 is 19.5 Å². The molecule has 8 heteroatoms. The molecule has 5 heterocycles. The van der Waals surface area contributed by atoms with E-state index in [0.29, 0.717) is 36.5 Å². The molecule has 3 aromatic rings. The van der Waals surface area contributed by atoms with Gasteiger partial charge in [0.15, 0.2) is 0 Å². The summed E-state index contributed by atoms with van der Waals surface area (Å²) in [5.41, 5.74) is 5.01. The summed E-state index contributed by atoms with van der Waals surface area (Å²) in [6.07, 6.45) is 8.19. The highest BCUT2D eigenvalue weighted by molar-refractivity contribution is 5.77. The third-order valence-corrected chi connectivity index (χ3v) is 6.37. The highest BCUT2D eigenvalue weighted by atomic mass is 16.5. The van der Waals surface area contributed by atoms with E-state index < -0.39 is 0 Å². The Balaban J connectivity index is 1.25. The number of piperidine rings is 1. The van der Waals surface area contributed by atoms with E-state index in [0.717, 1.165) is 40.7 Å². The van der Waals surface area contributed by atoms with Gasteiger partial charge in [-0.2, -0.15) is 10.1 Å². The lowest BCUT2D eigenvalue weighted by molar-refractivity contribution is 0.124. The van der Waals surface area contributed by atoms with E-state index in [1.807, 2.05) is 12.3 Å². The first-order chi connectivity index (χ1) is 15.2. The number of nitrogens with zero attached hydrogens (tertiary/aromatic N) is 4. The maximum Gasteiger partial charge on any atom is 0.319 e. The van der Waals surface area contributed by atoms with Gasteiger partial charge in [-0.15, -0.1) is 5.10 Å². The Morgan fingerprint density at radius 2 is 1.90 bits per heavy atom. The van der Waals surface area contributed by atoms with Crippen molar-refractivity contribution in [3.05, 3.63) is 42.2 Å². The number of aromatic nitrogens is 4. The number of methoxy groups -OCH3 is 1. The van der Waals surface area contributed by atoms with Gasteiger partial charge in [-0.1, -0.05) is 12.1 Å². The van der Waals surface area contributed by atoms with Crippen LogP contribution in [0.1, 0.15) is 31.2 Å². The number of benzene rings is 1. The molecule has 0 amide bonds. The van der Waals surface area contributed by atoms with Crippen molar-refractivity contribution in [2.24, 2.45) is 0 Å². The number of ether oxygens (including phenoxy) is 3. The first-order valence-electron chi connectivity index (χ1n) is 10.7. The molecule has 3 aliphatic heterocycles. The maximum atomic E-state index is 6.12. The standard InChI is InChI=1S/C23H23N5O3/c1-29-21-7-14(10-25-28-21)13-2-5-19-15(6-13)12-30-22-20(19)11-24-23(27-22)31-18-8-16-3-4-17(9-18)26-16/h2,5-7,10-11,16-18,26H,3-4,8-9,12H2,1H3. The van der Waals surface area contributed by atoms with Crippen molar-refractivity contribution < 1.29 is 14.2 Å². The topological polar surface area (TPSA) is 91.3 Å². The van der Waals surface area contributed by atoms with Gasteiger partial charge in [0.2, 0.25) is 11.8 Å². The molecule has 2 fully saturated rings. The molecule has 2 aromatic heterocycles. The lowest BCUT2D eigenvalue weighted by atomic mass is 9.96. The SMILES string of the molecule is COc1cc(-c2ccc3c(c2)COc2nc(OC4CC5CCC(C4)N5)ncc2-3)cnn1. The van der Waals surface area contributed by atoms with Crippen LogP contribution in [0.2, 0.25) is 0 Å². The van der Waals surface area contributed by atoms with Gasteiger partial charge in [0.05, 0.1) is 18.9 Å². The molecule has 1 N–H and O–H groups in total. The van der Waals surface area contributed by atoms with E-state index >= 15 is 0 Å². The van der Waals surface area contributed by atoms with E-state index in [1.165, 1.54) is 12.8 Å². The Kier molecular flexibility index (Phi) is 4.45.